The van der Waals surface area contributed by atoms with Crippen LogP contribution in [0, 0.1) is 5.92 Å². The van der Waals surface area contributed by atoms with Crippen molar-refractivity contribution in [1.82, 2.24) is 0 Å². The SMILES string of the molecule is CCCCC(CC)Cc1cccc(C2=CCC(c3ccc(O)cc3)CC2)c1O. The second-order valence-corrected chi connectivity index (χ2v) is 8.23. The van der Waals surface area contributed by atoms with Crippen LogP contribution in [0.15, 0.2) is 48.5 Å². The molecule has 0 aromatic heterocycles. The number of allylic oxidation sites excluding steroid dienone is 2. The number of phenols is 2. The molecule has 2 atom stereocenters. The molecule has 1 aliphatic rings. The average Bonchev–Trinajstić information content (AvgIpc) is 2.73. The molecule has 0 heterocycles. The van der Waals surface area contributed by atoms with Gasteiger partial charge < -0.3 is 10.2 Å². The van der Waals surface area contributed by atoms with Crippen LogP contribution >= 0.6 is 0 Å². The van der Waals surface area contributed by atoms with Gasteiger partial charge in [0, 0.05) is 5.56 Å². The van der Waals surface area contributed by atoms with Gasteiger partial charge in [0.25, 0.3) is 0 Å². The molecule has 28 heavy (non-hydrogen) atoms. The minimum Gasteiger partial charge on any atom is -0.508 e. The van der Waals surface area contributed by atoms with E-state index in [0.29, 0.717) is 23.3 Å². The number of aromatic hydroxyl groups is 2. The topological polar surface area (TPSA) is 40.5 Å². The molecule has 0 fully saturated rings. The standard InChI is InChI=1S/C26H34O2/c1-3-5-7-19(4-2)18-23-8-6-9-25(26(23)28)22-12-10-20(11-13-22)21-14-16-24(27)17-15-21/h6,8-9,12,14-17,19-20,27-28H,3-5,7,10-11,13,18H2,1-2H3. The fourth-order valence-corrected chi connectivity index (χ4v) is 4.40. The highest BCUT2D eigenvalue weighted by atomic mass is 16.3. The zero-order valence-corrected chi connectivity index (χ0v) is 17.3. The molecule has 0 amide bonds. The van der Waals surface area contributed by atoms with Gasteiger partial charge in [-0.1, -0.05) is 75.9 Å². The predicted molar refractivity (Wildman–Crippen MR) is 118 cm³/mol. The van der Waals surface area contributed by atoms with Gasteiger partial charge >= 0.3 is 0 Å². The van der Waals surface area contributed by atoms with Crippen LogP contribution in [0.2, 0.25) is 0 Å². The Morgan fingerprint density at radius 1 is 1.04 bits per heavy atom. The molecule has 3 rings (SSSR count). The quantitative estimate of drug-likeness (QED) is 0.509. The Bertz CT molecular complexity index is 789. The maximum Gasteiger partial charge on any atom is 0.126 e. The molecule has 0 saturated carbocycles. The molecule has 0 aliphatic heterocycles. The average molecular weight is 379 g/mol. The smallest absolute Gasteiger partial charge is 0.126 e. The third-order valence-corrected chi connectivity index (χ3v) is 6.29. The highest BCUT2D eigenvalue weighted by Crippen LogP contribution is 2.40. The highest BCUT2D eigenvalue weighted by molar-refractivity contribution is 5.72. The predicted octanol–water partition coefficient (Wildman–Crippen LogP) is 7.21. The van der Waals surface area contributed by atoms with Gasteiger partial charge in [0.15, 0.2) is 0 Å². The van der Waals surface area contributed by atoms with Crippen LogP contribution in [-0.2, 0) is 6.42 Å². The molecule has 150 valence electrons. The van der Waals surface area contributed by atoms with Crippen LogP contribution in [0.4, 0.5) is 0 Å². The second kappa shape index (κ2) is 9.82. The van der Waals surface area contributed by atoms with Crippen molar-refractivity contribution in [2.75, 3.05) is 0 Å². The zero-order valence-electron chi connectivity index (χ0n) is 17.3. The summed E-state index contributed by atoms with van der Waals surface area (Å²) in [5, 5.41) is 20.4. The van der Waals surface area contributed by atoms with Gasteiger partial charge in [0.2, 0.25) is 0 Å². The van der Waals surface area contributed by atoms with Crippen LogP contribution in [0.1, 0.15) is 81.4 Å². The van der Waals surface area contributed by atoms with E-state index < -0.39 is 0 Å². The van der Waals surface area contributed by atoms with Crippen molar-refractivity contribution in [3.8, 4) is 11.5 Å². The molecule has 2 nitrogen and oxygen atoms in total. The summed E-state index contributed by atoms with van der Waals surface area (Å²) in [5.41, 5.74) is 4.68. The molecule has 2 aromatic rings. The Morgan fingerprint density at radius 2 is 1.82 bits per heavy atom. The van der Waals surface area contributed by atoms with Crippen LogP contribution < -0.4 is 0 Å². The summed E-state index contributed by atoms with van der Waals surface area (Å²) < 4.78 is 0. The largest absolute Gasteiger partial charge is 0.508 e. The van der Waals surface area contributed by atoms with Crippen LogP contribution in [0.25, 0.3) is 5.57 Å². The van der Waals surface area contributed by atoms with Gasteiger partial charge in [-0.25, -0.2) is 0 Å². The van der Waals surface area contributed by atoms with Crippen molar-refractivity contribution in [2.45, 2.75) is 71.1 Å². The maximum atomic E-state index is 11.0. The van der Waals surface area contributed by atoms with Gasteiger partial charge in [-0.15, -0.1) is 0 Å². The van der Waals surface area contributed by atoms with Crippen molar-refractivity contribution >= 4 is 5.57 Å². The van der Waals surface area contributed by atoms with E-state index in [1.54, 1.807) is 12.1 Å². The summed E-state index contributed by atoms with van der Waals surface area (Å²) in [4.78, 5) is 0. The van der Waals surface area contributed by atoms with Crippen LogP contribution in [0.3, 0.4) is 0 Å². The van der Waals surface area contributed by atoms with Crippen molar-refractivity contribution in [3.63, 3.8) is 0 Å². The molecule has 1 aliphatic carbocycles. The summed E-state index contributed by atoms with van der Waals surface area (Å²) in [6.45, 7) is 4.50. The fraction of sp³-hybridized carbons (Fsp3) is 0.462. The molecule has 0 bridgehead atoms. The number of para-hydroxylation sites is 1. The number of rotatable bonds is 8. The molecule has 0 radical (unpaired) electrons. The van der Waals surface area contributed by atoms with E-state index in [9.17, 15) is 10.2 Å². The Morgan fingerprint density at radius 3 is 2.46 bits per heavy atom. The van der Waals surface area contributed by atoms with Crippen molar-refractivity contribution in [2.24, 2.45) is 5.92 Å². The minimum absolute atomic E-state index is 0.321. The van der Waals surface area contributed by atoms with Crippen molar-refractivity contribution in [3.05, 3.63) is 65.2 Å². The molecule has 0 saturated heterocycles. The Hall–Kier alpha value is -2.22. The van der Waals surface area contributed by atoms with Crippen LogP contribution in [0.5, 0.6) is 11.5 Å². The first-order valence-electron chi connectivity index (χ1n) is 10.9. The Kier molecular flexibility index (Phi) is 7.19. The summed E-state index contributed by atoms with van der Waals surface area (Å²) in [6, 6.07) is 13.9. The van der Waals surface area contributed by atoms with Gasteiger partial charge in [0.05, 0.1) is 0 Å². The second-order valence-electron chi connectivity index (χ2n) is 8.23. The minimum atomic E-state index is 0.321. The third kappa shape index (κ3) is 4.98. The number of phenolic OH excluding ortho intramolecular Hbond substituents is 2. The Balaban J connectivity index is 1.72. The lowest BCUT2D eigenvalue weighted by atomic mass is 9.82. The van der Waals surface area contributed by atoms with E-state index in [-0.39, 0.29) is 0 Å². The van der Waals surface area contributed by atoms with Crippen LogP contribution in [-0.4, -0.2) is 10.2 Å². The van der Waals surface area contributed by atoms with Crippen molar-refractivity contribution in [1.29, 1.82) is 0 Å². The molecule has 2 N–H and O–H groups in total. The first kappa shape index (κ1) is 20.5. The first-order chi connectivity index (χ1) is 13.6. The third-order valence-electron chi connectivity index (χ3n) is 6.29. The van der Waals surface area contributed by atoms with Gasteiger partial charge in [-0.05, 0) is 66.4 Å². The molecule has 2 aromatic carbocycles. The van der Waals surface area contributed by atoms with E-state index >= 15 is 0 Å². The monoisotopic (exact) mass is 378 g/mol. The molecule has 2 heteroatoms. The fourth-order valence-electron chi connectivity index (χ4n) is 4.40. The summed E-state index contributed by atoms with van der Waals surface area (Å²) in [5.74, 6) is 1.96. The molecular weight excluding hydrogens is 344 g/mol. The van der Waals surface area contributed by atoms with E-state index in [1.807, 2.05) is 12.1 Å². The van der Waals surface area contributed by atoms with E-state index in [2.05, 4.69) is 38.1 Å². The zero-order chi connectivity index (χ0) is 19.9. The highest BCUT2D eigenvalue weighted by Gasteiger charge is 2.20. The molecule has 0 spiro atoms. The van der Waals surface area contributed by atoms with E-state index in [0.717, 1.165) is 36.8 Å². The number of unbranched alkanes of at least 4 members (excludes halogenated alkanes) is 1. The summed E-state index contributed by atoms with van der Waals surface area (Å²) in [7, 11) is 0. The van der Waals surface area contributed by atoms with E-state index in [4.69, 9.17) is 0 Å². The number of hydrogen-bond donors (Lipinski definition) is 2. The number of hydrogen-bond acceptors (Lipinski definition) is 2. The van der Waals surface area contributed by atoms with Gasteiger partial charge in [-0.3, -0.25) is 0 Å². The summed E-state index contributed by atoms with van der Waals surface area (Å²) in [6.07, 6.45) is 11.2. The lowest BCUT2D eigenvalue weighted by Gasteiger charge is -2.24. The Labute approximate surface area is 169 Å². The van der Waals surface area contributed by atoms with Gasteiger partial charge in [0.1, 0.15) is 11.5 Å². The van der Waals surface area contributed by atoms with Crippen molar-refractivity contribution < 1.29 is 10.2 Å². The lowest BCUT2D eigenvalue weighted by molar-refractivity contribution is 0.425. The molecule has 2 unspecified atom stereocenters. The lowest BCUT2D eigenvalue weighted by Crippen LogP contribution is -2.06. The number of benzene rings is 2. The first-order valence-corrected chi connectivity index (χ1v) is 10.9. The van der Waals surface area contributed by atoms with E-state index in [1.165, 1.54) is 36.8 Å². The van der Waals surface area contributed by atoms with Gasteiger partial charge in [-0.2, -0.15) is 0 Å². The maximum absolute atomic E-state index is 11.0. The summed E-state index contributed by atoms with van der Waals surface area (Å²) >= 11 is 0. The normalized spacial score (nSPS) is 17.9. The molecular formula is C26H34O2.